The van der Waals surface area contributed by atoms with E-state index < -0.39 is 33.4 Å². The van der Waals surface area contributed by atoms with Gasteiger partial charge in [-0.25, -0.2) is 8.42 Å². The fourth-order valence-electron chi connectivity index (χ4n) is 4.19. The van der Waals surface area contributed by atoms with Crippen LogP contribution in [-0.4, -0.2) is 55.8 Å². The first-order valence-electron chi connectivity index (χ1n) is 13.5. The number of sulfonamides is 1. The standard InChI is InChI=1S/C30H35BrN4O7S/c1-6-21(3)32-30(37)22(4)33(18-23-8-10-24(31)11-9-23)29(36)19-34(25-12-14-26(42-5)15-13-25)43(40,41)27-16-7-20(2)28(17-27)35(38)39/h7-17,21-22H,6,18-19H2,1-5H3,(H,32,37)/t21-,22+/m1/s1. The fraction of sp³-hybridized carbons (Fsp3) is 0.333. The maximum Gasteiger partial charge on any atom is 0.273 e. The van der Waals surface area contributed by atoms with E-state index in [1.165, 1.54) is 43.2 Å². The predicted octanol–water partition coefficient (Wildman–Crippen LogP) is 5.20. The predicted molar refractivity (Wildman–Crippen MR) is 167 cm³/mol. The van der Waals surface area contributed by atoms with Crippen molar-refractivity contribution in [2.75, 3.05) is 18.0 Å². The lowest BCUT2D eigenvalue weighted by atomic mass is 10.1. The molecule has 2 amide bonds. The minimum Gasteiger partial charge on any atom is -0.497 e. The number of aryl methyl sites for hydroxylation is 1. The lowest BCUT2D eigenvalue weighted by Crippen LogP contribution is -2.52. The molecule has 0 bridgehead atoms. The average molecular weight is 676 g/mol. The number of hydrogen-bond acceptors (Lipinski definition) is 7. The number of rotatable bonds is 13. The van der Waals surface area contributed by atoms with Crippen LogP contribution in [0.1, 0.15) is 38.3 Å². The summed E-state index contributed by atoms with van der Waals surface area (Å²) in [6.07, 6.45) is 0.686. The fourth-order valence-corrected chi connectivity index (χ4v) is 5.88. The van der Waals surface area contributed by atoms with Gasteiger partial charge in [-0.1, -0.05) is 41.1 Å². The molecule has 0 aromatic heterocycles. The smallest absolute Gasteiger partial charge is 0.273 e. The van der Waals surface area contributed by atoms with E-state index in [1.54, 1.807) is 43.3 Å². The molecule has 3 aromatic rings. The second kappa shape index (κ2) is 14.5. The topological polar surface area (TPSA) is 139 Å². The molecule has 0 unspecified atom stereocenters. The van der Waals surface area contributed by atoms with E-state index in [0.717, 1.165) is 20.4 Å². The van der Waals surface area contributed by atoms with E-state index >= 15 is 0 Å². The number of methoxy groups -OCH3 is 1. The van der Waals surface area contributed by atoms with Crippen molar-refractivity contribution >= 4 is 49.1 Å². The van der Waals surface area contributed by atoms with Crippen LogP contribution < -0.4 is 14.4 Å². The molecule has 1 N–H and O–H groups in total. The van der Waals surface area contributed by atoms with E-state index in [1.807, 2.05) is 13.8 Å². The molecule has 2 atom stereocenters. The second-order valence-electron chi connectivity index (χ2n) is 10.1. The highest BCUT2D eigenvalue weighted by Gasteiger charge is 2.33. The monoisotopic (exact) mass is 674 g/mol. The Morgan fingerprint density at radius 2 is 1.67 bits per heavy atom. The van der Waals surface area contributed by atoms with Crippen LogP contribution in [0.25, 0.3) is 0 Å². The number of nitro benzene ring substituents is 1. The first-order valence-corrected chi connectivity index (χ1v) is 15.8. The van der Waals surface area contributed by atoms with Crippen LogP contribution in [0.3, 0.4) is 0 Å². The molecule has 0 saturated heterocycles. The molecular formula is C30H35BrN4O7S. The van der Waals surface area contributed by atoms with Gasteiger partial charge in [-0.2, -0.15) is 0 Å². The summed E-state index contributed by atoms with van der Waals surface area (Å²) < 4.78 is 35.0. The van der Waals surface area contributed by atoms with Gasteiger partial charge in [0.2, 0.25) is 11.8 Å². The van der Waals surface area contributed by atoms with Gasteiger partial charge < -0.3 is 15.0 Å². The maximum atomic E-state index is 14.0. The lowest BCUT2D eigenvalue weighted by Gasteiger charge is -2.32. The molecule has 43 heavy (non-hydrogen) atoms. The number of nitro groups is 1. The minimum absolute atomic E-state index is 0.0354. The largest absolute Gasteiger partial charge is 0.497 e. The van der Waals surface area contributed by atoms with Gasteiger partial charge in [0, 0.05) is 28.7 Å². The average Bonchev–Trinajstić information content (AvgIpc) is 2.98. The van der Waals surface area contributed by atoms with Gasteiger partial charge in [-0.3, -0.25) is 24.0 Å². The Morgan fingerprint density at radius 1 is 1.05 bits per heavy atom. The van der Waals surface area contributed by atoms with Gasteiger partial charge in [-0.15, -0.1) is 0 Å². The Hall–Kier alpha value is -3.97. The van der Waals surface area contributed by atoms with E-state index in [2.05, 4.69) is 21.2 Å². The number of ether oxygens (including phenoxy) is 1. The van der Waals surface area contributed by atoms with Crippen LogP contribution in [0.2, 0.25) is 0 Å². The van der Waals surface area contributed by atoms with E-state index in [4.69, 9.17) is 4.74 Å². The number of nitrogens with zero attached hydrogens (tertiary/aromatic N) is 3. The number of nitrogens with one attached hydrogen (secondary N) is 1. The maximum absolute atomic E-state index is 14.0. The Balaban J connectivity index is 2.08. The third-order valence-electron chi connectivity index (χ3n) is 7.04. The highest BCUT2D eigenvalue weighted by molar-refractivity contribution is 9.10. The third-order valence-corrected chi connectivity index (χ3v) is 9.34. The van der Waals surface area contributed by atoms with Crippen molar-refractivity contribution in [1.82, 2.24) is 10.2 Å². The molecular weight excluding hydrogens is 640 g/mol. The van der Waals surface area contributed by atoms with E-state index in [9.17, 15) is 28.1 Å². The lowest BCUT2D eigenvalue weighted by molar-refractivity contribution is -0.385. The summed E-state index contributed by atoms with van der Waals surface area (Å²) in [5.41, 5.74) is 0.789. The molecule has 0 radical (unpaired) electrons. The zero-order valence-electron chi connectivity index (χ0n) is 24.6. The van der Waals surface area contributed by atoms with Gasteiger partial charge >= 0.3 is 0 Å². The van der Waals surface area contributed by atoms with Gasteiger partial charge in [0.25, 0.3) is 15.7 Å². The quantitative estimate of drug-likeness (QED) is 0.194. The highest BCUT2D eigenvalue weighted by Crippen LogP contribution is 2.29. The minimum atomic E-state index is -4.49. The molecule has 230 valence electrons. The van der Waals surface area contributed by atoms with Gasteiger partial charge in [0.15, 0.2) is 0 Å². The highest BCUT2D eigenvalue weighted by atomic mass is 79.9. The molecule has 0 aliphatic rings. The molecule has 0 fully saturated rings. The van der Waals surface area contributed by atoms with Crippen molar-refractivity contribution in [1.29, 1.82) is 0 Å². The van der Waals surface area contributed by atoms with Crippen molar-refractivity contribution in [3.63, 3.8) is 0 Å². The Labute approximate surface area is 260 Å². The Bertz CT molecular complexity index is 1560. The number of benzene rings is 3. The molecule has 0 aliphatic heterocycles. The van der Waals surface area contributed by atoms with E-state index in [-0.39, 0.29) is 40.3 Å². The van der Waals surface area contributed by atoms with Gasteiger partial charge in [0.1, 0.15) is 18.3 Å². The second-order valence-corrected chi connectivity index (χ2v) is 12.8. The molecule has 13 heteroatoms. The molecule has 0 saturated carbocycles. The SMILES string of the molecule is CC[C@@H](C)NC(=O)[C@H](C)N(Cc1ccc(Br)cc1)C(=O)CN(c1ccc(OC)cc1)S(=O)(=O)c1ccc(C)c([N+](=O)[O-])c1. The van der Waals surface area contributed by atoms with Crippen molar-refractivity contribution in [2.45, 2.75) is 57.6 Å². The first-order chi connectivity index (χ1) is 20.3. The van der Waals surface area contributed by atoms with Gasteiger partial charge in [0.05, 0.1) is 22.6 Å². The normalized spacial score (nSPS) is 12.6. The van der Waals surface area contributed by atoms with Crippen LogP contribution in [0.4, 0.5) is 11.4 Å². The molecule has 3 aromatic carbocycles. The zero-order valence-corrected chi connectivity index (χ0v) is 27.0. The summed E-state index contributed by atoms with van der Waals surface area (Å²) in [6, 6.07) is 15.8. The number of hydrogen-bond donors (Lipinski definition) is 1. The number of carbonyl (C=O) groups is 2. The van der Waals surface area contributed by atoms with Crippen molar-refractivity contribution in [3.05, 3.63) is 92.4 Å². The molecule has 11 nitrogen and oxygen atoms in total. The molecule has 0 aliphatic carbocycles. The first kappa shape index (κ1) is 33.5. The van der Waals surface area contributed by atoms with Crippen LogP contribution in [-0.2, 0) is 26.2 Å². The number of carbonyl (C=O) groups excluding carboxylic acids is 2. The van der Waals surface area contributed by atoms with Gasteiger partial charge in [-0.05, 0) is 75.2 Å². The summed E-state index contributed by atoms with van der Waals surface area (Å²) in [7, 11) is -3.03. The summed E-state index contributed by atoms with van der Waals surface area (Å²) in [5.74, 6) is -0.561. The number of halogens is 1. The Morgan fingerprint density at radius 3 is 2.23 bits per heavy atom. The summed E-state index contributed by atoms with van der Waals surface area (Å²) in [6.45, 7) is 6.23. The summed E-state index contributed by atoms with van der Waals surface area (Å²) in [4.78, 5) is 39.1. The molecule has 0 spiro atoms. The van der Waals surface area contributed by atoms with Crippen LogP contribution in [0, 0.1) is 17.0 Å². The van der Waals surface area contributed by atoms with Crippen LogP contribution >= 0.6 is 15.9 Å². The molecule has 0 heterocycles. The third kappa shape index (κ3) is 8.32. The zero-order chi connectivity index (χ0) is 31.9. The van der Waals surface area contributed by atoms with Crippen molar-refractivity contribution < 1.29 is 27.7 Å². The Kier molecular flexibility index (Phi) is 11.3. The van der Waals surface area contributed by atoms with Crippen molar-refractivity contribution in [3.8, 4) is 5.75 Å². The number of amides is 2. The summed E-state index contributed by atoms with van der Waals surface area (Å²) >= 11 is 3.39. The van der Waals surface area contributed by atoms with Crippen LogP contribution in [0.15, 0.2) is 76.1 Å². The van der Waals surface area contributed by atoms with Crippen LogP contribution in [0.5, 0.6) is 5.75 Å². The number of anilines is 1. The van der Waals surface area contributed by atoms with Crippen molar-refractivity contribution in [2.24, 2.45) is 0 Å². The van der Waals surface area contributed by atoms with E-state index in [0.29, 0.717) is 12.2 Å². The summed E-state index contributed by atoms with van der Waals surface area (Å²) in [5, 5.41) is 14.5. The molecule has 3 rings (SSSR count).